The van der Waals surface area contributed by atoms with Crippen LogP contribution in [0.1, 0.15) is 15.9 Å². The largest absolute Gasteiger partial charge is 0.495 e. The minimum Gasteiger partial charge on any atom is -0.495 e. The van der Waals surface area contributed by atoms with E-state index in [0.29, 0.717) is 0 Å². The van der Waals surface area contributed by atoms with Gasteiger partial charge < -0.3 is 9.47 Å². The number of nitro groups is 1. The van der Waals surface area contributed by atoms with Crippen LogP contribution < -0.4 is 4.74 Å². The molecule has 0 N–H and O–H groups in total. The third-order valence-electron chi connectivity index (χ3n) is 3.42. The van der Waals surface area contributed by atoms with Gasteiger partial charge in [0.15, 0.2) is 0 Å². The molecule has 0 saturated carbocycles. The van der Waals surface area contributed by atoms with E-state index in [9.17, 15) is 19.7 Å². The molecule has 148 valence electrons. The standard InChI is InChI=1S/C16H8Cl5NO6/c1-27-15-7(12(20)9(18)5-10(15)19)4-11(23)28-16(24)6-2-3-8(17)14(13(6)21)22(25)26/h2-3,5H,4H2,1H3. The normalized spacial score (nSPS) is 10.5. The summed E-state index contributed by atoms with van der Waals surface area (Å²) in [7, 11) is 1.30. The van der Waals surface area contributed by atoms with E-state index in [0.717, 1.165) is 12.1 Å². The first-order chi connectivity index (χ1) is 13.1. The molecule has 0 aliphatic carbocycles. The molecule has 0 atom stereocenters. The monoisotopic (exact) mass is 485 g/mol. The molecule has 0 saturated heterocycles. The van der Waals surface area contributed by atoms with Crippen LogP contribution in [-0.4, -0.2) is 24.0 Å². The van der Waals surface area contributed by atoms with Crippen LogP contribution in [0.5, 0.6) is 5.75 Å². The molecule has 7 nitrogen and oxygen atoms in total. The second-order valence-corrected chi connectivity index (χ2v) is 7.10. The molecule has 0 bridgehead atoms. The summed E-state index contributed by atoms with van der Waals surface area (Å²) in [4.78, 5) is 34.6. The van der Waals surface area contributed by atoms with Crippen LogP contribution in [0, 0.1) is 10.1 Å². The number of nitro benzene ring substituents is 1. The minimum absolute atomic E-state index is 0.00696. The molecule has 12 heteroatoms. The number of methoxy groups -OCH3 is 1. The van der Waals surface area contributed by atoms with Gasteiger partial charge in [-0.15, -0.1) is 0 Å². The summed E-state index contributed by atoms with van der Waals surface area (Å²) < 4.78 is 9.80. The first-order valence-corrected chi connectivity index (χ1v) is 9.05. The fourth-order valence-corrected chi connectivity index (χ4v) is 3.58. The lowest BCUT2D eigenvalue weighted by Crippen LogP contribution is -2.16. The Morgan fingerprint density at radius 3 is 2.25 bits per heavy atom. The Kier molecular flexibility index (Phi) is 7.36. The van der Waals surface area contributed by atoms with Crippen molar-refractivity contribution in [2.75, 3.05) is 7.11 Å². The molecular weight excluding hydrogens is 479 g/mol. The maximum absolute atomic E-state index is 12.2. The molecule has 2 aromatic carbocycles. The zero-order chi connectivity index (χ0) is 21.2. The molecule has 2 rings (SSSR count). The maximum Gasteiger partial charge on any atom is 0.347 e. The highest BCUT2D eigenvalue weighted by molar-refractivity contribution is 6.44. The van der Waals surface area contributed by atoms with E-state index in [2.05, 4.69) is 0 Å². The van der Waals surface area contributed by atoms with Crippen molar-refractivity contribution in [3.8, 4) is 5.75 Å². The molecule has 0 aliphatic heterocycles. The molecule has 0 spiro atoms. The van der Waals surface area contributed by atoms with Gasteiger partial charge in [-0.3, -0.25) is 14.9 Å². The average Bonchev–Trinajstić information content (AvgIpc) is 2.59. The number of esters is 2. The number of nitrogens with zero attached hydrogens (tertiary/aromatic N) is 1. The van der Waals surface area contributed by atoms with Crippen molar-refractivity contribution < 1.29 is 24.0 Å². The van der Waals surface area contributed by atoms with Gasteiger partial charge in [0.25, 0.3) is 0 Å². The van der Waals surface area contributed by atoms with Crippen LogP contribution in [-0.2, 0) is 16.0 Å². The maximum atomic E-state index is 12.2. The van der Waals surface area contributed by atoms with Crippen LogP contribution in [0.25, 0.3) is 0 Å². The second kappa shape index (κ2) is 9.15. The zero-order valence-electron chi connectivity index (χ0n) is 13.7. The molecule has 0 radical (unpaired) electrons. The van der Waals surface area contributed by atoms with Gasteiger partial charge in [0.1, 0.15) is 15.8 Å². The Bertz CT molecular complexity index is 994. The summed E-state index contributed by atoms with van der Waals surface area (Å²) in [6.45, 7) is 0. The Balaban J connectivity index is 2.30. The van der Waals surface area contributed by atoms with Crippen LogP contribution in [0.3, 0.4) is 0 Å². The molecule has 0 heterocycles. The van der Waals surface area contributed by atoms with E-state index in [1.54, 1.807) is 0 Å². The Morgan fingerprint density at radius 2 is 1.68 bits per heavy atom. The van der Waals surface area contributed by atoms with E-state index in [1.807, 2.05) is 0 Å². The quantitative estimate of drug-likeness (QED) is 0.174. The highest BCUT2D eigenvalue weighted by Crippen LogP contribution is 2.40. The van der Waals surface area contributed by atoms with Gasteiger partial charge in [-0.05, 0) is 18.2 Å². The van der Waals surface area contributed by atoms with Crippen molar-refractivity contribution in [3.63, 3.8) is 0 Å². The van der Waals surface area contributed by atoms with Gasteiger partial charge >= 0.3 is 17.6 Å². The van der Waals surface area contributed by atoms with E-state index in [1.165, 1.54) is 13.2 Å². The second-order valence-electron chi connectivity index (χ2n) is 5.12. The van der Waals surface area contributed by atoms with Crippen molar-refractivity contribution in [2.24, 2.45) is 0 Å². The van der Waals surface area contributed by atoms with Gasteiger partial charge in [0, 0.05) is 5.56 Å². The number of hydrogen-bond acceptors (Lipinski definition) is 6. The third-order valence-corrected chi connectivity index (χ3v) is 5.22. The van der Waals surface area contributed by atoms with Gasteiger partial charge in [-0.2, -0.15) is 0 Å². The van der Waals surface area contributed by atoms with Crippen molar-refractivity contribution in [1.82, 2.24) is 0 Å². The van der Waals surface area contributed by atoms with Crippen LogP contribution >= 0.6 is 58.0 Å². The number of benzene rings is 2. The predicted molar refractivity (Wildman–Crippen MR) is 105 cm³/mol. The number of ether oxygens (including phenoxy) is 2. The van der Waals surface area contributed by atoms with Gasteiger partial charge in [0.05, 0.1) is 39.1 Å². The highest BCUT2D eigenvalue weighted by Gasteiger charge is 2.27. The first-order valence-electron chi connectivity index (χ1n) is 7.16. The lowest BCUT2D eigenvalue weighted by molar-refractivity contribution is -0.384. The van der Waals surface area contributed by atoms with Crippen molar-refractivity contribution >= 4 is 75.6 Å². The lowest BCUT2D eigenvalue weighted by atomic mass is 10.1. The summed E-state index contributed by atoms with van der Waals surface area (Å²) in [5.74, 6) is -2.17. The molecule has 2 aromatic rings. The summed E-state index contributed by atoms with van der Waals surface area (Å²) in [6, 6.07) is 3.51. The summed E-state index contributed by atoms with van der Waals surface area (Å²) in [6.07, 6.45) is -0.513. The highest BCUT2D eigenvalue weighted by atomic mass is 35.5. The molecule has 0 unspecified atom stereocenters. The Hall–Kier alpha value is -1.77. The predicted octanol–water partition coefficient (Wildman–Crippen LogP) is 5.80. The van der Waals surface area contributed by atoms with Crippen LogP contribution in [0.15, 0.2) is 18.2 Å². The number of halogens is 5. The smallest absolute Gasteiger partial charge is 0.347 e. The van der Waals surface area contributed by atoms with Crippen LogP contribution in [0.2, 0.25) is 25.1 Å². The van der Waals surface area contributed by atoms with Crippen molar-refractivity contribution in [2.45, 2.75) is 6.42 Å². The Labute approximate surface area is 183 Å². The molecular formula is C16H8Cl5NO6. The summed E-state index contributed by atoms with van der Waals surface area (Å²) >= 11 is 29.5. The molecule has 0 aliphatic rings. The van der Waals surface area contributed by atoms with Crippen LogP contribution in [0.4, 0.5) is 5.69 Å². The Morgan fingerprint density at radius 1 is 1.04 bits per heavy atom. The van der Waals surface area contributed by atoms with Gasteiger partial charge in [-0.1, -0.05) is 58.0 Å². The zero-order valence-corrected chi connectivity index (χ0v) is 17.5. The van der Waals surface area contributed by atoms with E-state index >= 15 is 0 Å². The number of carbonyl (C=O) groups excluding carboxylic acids is 2. The van der Waals surface area contributed by atoms with Crippen molar-refractivity contribution in [1.29, 1.82) is 0 Å². The van der Waals surface area contributed by atoms with E-state index < -0.39 is 39.6 Å². The molecule has 0 fully saturated rings. The summed E-state index contributed by atoms with van der Waals surface area (Å²) in [5, 5.41) is 10.3. The number of rotatable bonds is 5. The average molecular weight is 488 g/mol. The lowest BCUT2D eigenvalue weighted by Gasteiger charge is -2.13. The SMILES string of the molecule is COc1c(Cl)cc(Cl)c(Cl)c1CC(=O)OC(=O)c1ccc(Cl)c([N+](=O)[O-])c1Cl. The van der Waals surface area contributed by atoms with Crippen molar-refractivity contribution in [3.05, 3.63) is 64.6 Å². The topological polar surface area (TPSA) is 95.7 Å². The third kappa shape index (κ3) is 4.61. The molecule has 28 heavy (non-hydrogen) atoms. The van der Waals surface area contributed by atoms with Gasteiger partial charge in [0.2, 0.25) is 0 Å². The molecule has 0 amide bonds. The first kappa shape index (κ1) is 22.5. The summed E-state index contributed by atoms with van der Waals surface area (Å²) in [5.41, 5.74) is -0.988. The fourth-order valence-electron chi connectivity index (χ4n) is 2.21. The fraction of sp³-hybridized carbons (Fsp3) is 0.125. The minimum atomic E-state index is -1.21. The van der Waals surface area contributed by atoms with Gasteiger partial charge in [-0.25, -0.2) is 4.79 Å². The number of hydrogen-bond donors (Lipinski definition) is 0. The molecule has 0 aromatic heterocycles. The van der Waals surface area contributed by atoms with E-state index in [4.69, 9.17) is 67.5 Å². The number of carbonyl (C=O) groups is 2. The van der Waals surface area contributed by atoms with E-state index in [-0.39, 0.29) is 31.4 Å².